The number of nitrogens with zero attached hydrogens (tertiary/aromatic N) is 4. The van der Waals surface area contributed by atoms with Gasteiger partial charge in [-0.1, -0.05) is 0 Å². The molecule has 4 nitrogen and oxygen atoms in total. The van der Waals surface area contributed by atoms with Crippen LogP contribution in [0.4, 0.5) is 17.6 Å². The lowest BCUT2D eigenvalue weighted by Crippen LogP contribution is -2.15. The highest BCUT2D eigenvalue weighted by Crippen LogP contribution is 2.30. The molecule has 2 heterocycles. The molecule has 0 N–H and O–H groups in total. The average molecular weight is 267 g/mol. The minimum atomic E-state index is -4.67. The second-order valence-corrected chi connectivity index (χ2v) is 3.27. The standard InChI is InChI=1S/C8H3ClF4N4/c9-7-14-3-4(10)6(16-7)17-5(1-2-15-17)8(11,12)13/h1-3H. The summed E-state index contributed by atoms with van der Waals surface area (Å²) >= 11 is 5.39. The summed E-state index contributed by atoms with van der Waals surface area (Å²) in [6.07, 6.45) is -3.11. The highest BCUT2D eigenvalue weighted by Gasteiger charge is 2.36. The quantitative estimate of drug-likeness (QED) is 0.588. The Hall–Kier alpha value is -1.70. The maximum absolute atomic E-state index is 13.3. The van der Waals surface area contributed by atoms with E-state index >= 15 is 0 Å². The predicted molar refractivity (Wildman–Crippen MR) is 49.1 cm³/mol. The van der Waals surface area contributed by atoms with E-state index in [1.807, 2.05) is 0 Å². The van der Waals surface area contributed by atoms with Gasteiger partial charge in [-0.15, -0.1) is 0 Å². The summed E-state index contributed by atoms with van der Waals surface area (Å²) in [5.41, 5.74) is -1.15. The molecule has 0 aromatic carbocycles. The SMILES string of the molecule is Fc1cnc(Cl)nc1-n1nccc1C(F)(F)F. The fourth-order valence-electron chi connectivity index (χ4n) is 1.17. The zero-order chi connectivity index (χ0) is 12.6. The Morgan fingerprint density at radius 2 is 2.00 bits per heavy atom. The van der Waals surface area contributed by atoms with Gasteiger partial charge in [0.1, 0.15) is 5.69 Å². The van der Waals surface area contributed by atoms with Crippen molar-refractivity contribution >= 4 is 11.6 Å². The van der Waals surface area contributed by atoms with Crippen LogP contribution < -0.4 is 0 Å². The minimum absolute atomic E-state index is 0.322. The molecule has 0 aliphatic rings. The predicted octanol–water partition coefficient (Wildman–Crippen LogP) is 2.47. The second-order valence-electron chi connectivity index (χ2n) is 2.94. The molecule has 0 bridgehead atoms. The molecule has 0 atom stereocenters. The van der Waals surface area contributed by atoms with Gasteiger partial charge in [-0.05, 0) is 17.7 Å². The number of hydrogen-bond acceptors (Lipinski definition) is 3. The van der Waals surface area contributed by atoms with Crippen LogP contribution in [0.3, 0.4) is 0 Å². The Kier molecular flexibility index (Phi) is 2.74. The summed E-state index contributed by atoms with van der Waals surface area (Å²) in [6.45, 7) is 0. The smallest absolute Gasteiger partial charge is 0.223 e. The molecule has 0 aliphatic carbocycles. The Balaban J connectivity index is 2.61. The molecule has 2 aromatic rings. The van der Waals surface area contributed by atoms with Crippen LogP contribution in [0.2, 0.25) is 5.28 Å². The number of halogens is 5. The van der Waals surface area contributed by atoms with Crippen LogP contribution in [0.5, 0.6) is 0 Å². The summed E-state index contributed by atoms with van der Waals surface area (Å²) in [7, 11) is 0. The Morgan fingerprint density at radius 3 is 2.65 bits per heavy atom. The van der Waals surface area contributed by atoms with Crippen LogP contribution in [-0.2, 0) is 6.18 Å². The van der Waals surface area contributed by atoms with Crippen molar-refractivity contribution in [1.29, 1.82) is 0 Å². The molecule has 2 aromatic heterocycles. The molecule has 2 rings (SSSR count). The Labute approximate surface area is 96.9 Å². The number of rotatable bonds is 1. The molecule has 17 heavy (non-hydrogen) atoms. The lowest BCUT2D eigenvalue weighted by Gasteiger charge is -2.09. The third-order valence-electron chi connectivity index (χ3n) is 1.83. The molecule has 0 spiro atoms. The number of hydrogen-bond donors (Lipinski definition) is 0. The highest BCUT2D eigenvalue weighted by atomic mass is 35.5. The molecule has 90 valence electrons. The van der Waals surface area contributed by atoms with Crippen LogP contribution in [-0.4, -0.2) is 19.7 Å². The maximum Gasteiger partial charge on any atom is 0.433 e. The van der Waals surface area contributed by atoms with E-state index in [4.69, 9.17) is 11.6 Å². The van der Waals surface area contributed by atoms with Gasteiger partial charge < -0.3 is 0 Å². The Bertz CT molecular complexity index is 551. The first-order valence-electron chi connectivity index (χ1n) is 4.19. The van der Waals surface area contributed by atoms with Crippen molar-refractivity contribution in [2.24, 2.45) is 0 Å². The summed E-state index contributed by atoms with van der Waals surface area (Å²) in [6, 6.07) is 0.704. The van der Waals surface area contributed by atoms with Crippen LogP contribution in [0.15, 0.2) is 18.5 Å². The van der Waals surface area contributed by atoms with E-state index in [1.54, 1.807) is 0 Å². The molecule has 0 radical (unpaired) electrons. The summed E-state index contributed by atoms with van der Waals surface area (Å²) in [5, 5.41) is 2.99. The molecule has 0 saturated carbocycles. The molecule has 9 heteroatoms. The van der Waals surface area contributed by atoms with E-state index in [0.29, 0.717) is 16.9 Å². The highest BCUT2D eigenvalue weighted by molar-refractivity contribution is 6.28. The first kappa shape index (κ1) is 11.8. The maximum atomic E-state index is 13.3. The van der Waals surface area contributed by atoms with Gasteiger partial charge in [-0.2, -0.15) is 23.3 Å². The van der Waals surface area contributed by atoms with Crippen molar-refractivity contribution in [3.8, 4) is 5.82 Å². The van der Waals surface area contributed by atoms with E-state index in [9.17, 15) is 17.6 Å². The van der Waals surface area contributed by atoms with E-state index in [0.717, 1.165) is 6.20 Å². The van der Waals surface area contributed by atoms with Crippen LogP contribution in [0.25, 0.3) is 5.82 Å². The average Bonchev–Trinajstić information content (AvgIpc) is 2.69. The van der Waals surface area contributed by atoms with Gasteiger partial charge in [0.15, 0.2) is 11.6 Å². The monoisotopic (exact) mass is 266 g/mol. The van der Waals surface area contributed by atoms with Crippen molar-refractivity contribution in [2.45, 2.75) is 6.18 Å². The van der Waals surface area contributed by atoms with Crippen LogP contribution >= 0.6 is 11.6 Å². The summed E-state index contributed by atoms with van der Waals surface area (Å²) in [5.74, 6) is -1.70. The molecule has 0 aliphatic heterocycles. The van der Waals surface area contributed by atoms with Crippen molar-refractivity contribution in [1.82, 2.24) is 19.7 Å². The van der Waals surface area contributed by atoms with Gasteiger partial charge in [0.2, 0.25) is 5.28 Å². The summed E-state index contributed by atoms with van der Waals surface area (Å²) in [4.78, 5) is 6.67. The largest absolute Gasteiger partial charge is 0.433 e. The van der Waals surface area contributed by atoms with Gasteiger partial charge in [-0.3, -0.25) is 0 Å². The third kappa shape index (κ3) is 2.21. The van der Waals surface area contributed by atoms with E-state index in [-0.39, 0.29) is 5.28 Å². The molecule has 0 unspecified atom stereocenters. The van der Waals surface area contributed by atoms with E-state index in [2.05, 4.69) is 15.1 Å². The Morgan fingerprint density at radius 1 is 1.29 bits per heavy atom. The molecule has 0 amide bonds. The van der Waals surface area contributed by atoms with E-state index in [1.165, 1.54) is 0 Å². The van der Waals surface area contributed by atoms with Crippen molar-refractivity contribution in [3.63, 3.8) is 0 Å². The third-order valence-corrected chi connectivity index (χ3v) is 2.01. The van der Waals surface area contributed by atoms with Crippen molar-refractivity contribution < 1.29 is 17.6 Å². The van der Waals surface area contributed by atoms with Gasteiger partial charge in [0, 0.05) is 0 Å². The molecular formula is C8H3ClF4N4. The van der Waals surface area contributed by atoms with Gasteiger partial charge >= 0.3 is 6.18 Å². The second kappa shape index (κ2) is 3.95. The van der Waals surface area contributed by atoms with Crippen LogP contribution in [0, 0.1) is 5.82 Å². The van der Waals surface area contributed by atoms with Gasteiger partial charge in [-0.25, -0.2) is 14.1 Å². The fraction of sp³-hybridized carbons (Fsp3) is 0.125. The van der Waals surface area contributed by atoms with Gasteiger partial charge in [0.05, 0.1) is 12.4 Å². The van der Waals surface area contributed by atoms with Crippen molar-refractivity contribution in [2.75, 3.05) is 0 Å². The fourth-order valence-corrected chi connectivity index (χ4v) is 1.30. The van der Waals surface area contributed by atoms with Gasteiger partial charge in [0.25, 0.3) is 0 Å². The normalized spacial score (nSPS) is 11.8. The van der Waals surface area contributed by atoms with E-state index < -0.39 is 23.5 Å². The zero-order valence-corrected chi connectivity index (χ0v) is 8.67. The zero-order valence-electron chi connectivity index (χ0n) is 7.91. The lowest BCUT2D eigenvalue weighted by molar-refractivity contribution is -0.142. The molecule has 0 fully saturated rings. The number of alkyl halides is 3. The topological polar surface area (TPSA) is 43.6 Å². The molecule has 0 saturated heterocycles. The first-order valence-corrected chi connectivity index (χ1v) is 4.57. The van der Waals surface area contributed by atoms with Crippen LogP contribution in [0.1, 0.15) is 5.69 Å². The van der Waals surface area contributed by atoms with Crippen molar-refractivity contribution in [3.05, 3.63) is 35.3 Å². The molecular weight excluding hydrogens is 264 g/mol. The first-order chi connectivity index (χ1) is 7.89. The number of aromatic nitrogens is 4. The lowest BCUT2D eigenvalue weighted by atomic mass is 10.4. The minimum Gasteiger partial charge on any atom is -0.223 e. The summed E-state index contributed by atoms with van der Waals surface area (Å²) < 4.78 is 51.2.